The first-order chi connectivity index (χ1) is 20.1. The fourth-order valence-corrected chi connectivity index (χ4v) is 7.48. The van der Waals surface area contributed by atoms with Gasteiger partial charge < -0.3 is 24.1 Å². The topological polar surface area (TPSA) is 133 Å². The number of carboxylic acid groups (broad SMARTS) is 1. The summed E-state index contributed by atoms with van der Waals surface area (Å²) < 4.78 is 45.8. The SMILES string of the molecule is CC.COCCCOc1ccnc(CSc2nc3ccccc3n2S(=O)(=O)c2c(C)cc(OCC(=O)[O-])cc2C)c1C.[Na+]. The first-order valence-electron chi connectivity index (χ1n) is 13.5. The summed E-state index contributed by atoms with van der Waals surface area (Å²) in [6.07, 6.45) is 2.43. The minimum Gasteiger partial charge on any atom is -0.546 e. The molecule has 0 amide bonds. The first kappa shape index (κ1) is 36.6. The zero-order valence-corrected chi connectivity index (χ0v) is 29.3. The third kappa shape index (κ3) is 8.96. The van der Waals surface area contributed by atoms with Gasteiger partial charge in [0, 0.05) is 37.7 Å². The normalized spacial score (nSPS) is 10.9. The summed E-state index contributed by atoms with van der Waals surface area (Å²) in [4.78, 5) is 20.0. The monoisotopic (exact) mass is 637 g/mol. The van der Waals surface area contributed by atoms with E-state index in [1.54, 1.807) is 51.4 Å². The Hall–Kier alpha value is -2.61. The van der Waals surface area contributed by atoms with Gasteiger partial charge in [-0.25, -0.2) is 17.4 Å². The molecule has 0 N–H and O–H groups in total. The summed E-state index contributed by atoms with van der Waals surface area (Å²) in [7, 11) is -2.46. The predicted molar refractivity (Wildman–Crippen MR) is 161 cm³/mol. The second-order valence-corrected chi connectivity index (χ2v) is 11.7. The van der Waals surface area contributed by atoms with E-state index >= 15 is 0 Å². The molecule has 0 saturated heterocycles. The van der Waals surface area contributed by atoms with Crippen molar-refractivity contribution >= 4 is 38.8 Å². The number of imidazole rings is 1. The van der Waals surface area contributed by atoms with Gasteiger partial charge in [0.05, 0.1) is 34.2 Å². The number of hydrogen-bond acceptors (Lipinski definition) is 10. The second-order valence-electron chi connectivity index (χ2n) is 9.06. The number of rotatable bonds is 13. The Morgan fingerprint density at radius 1 is 1.02 bits per heavy atom. The molecule has 226 valence electrons. The maximum Gasteiger partial charge on any atom is 1.00 e. The van der Waals surface area contributed by atoms with Crippen LogP contribution in [-0.4, -0.2) is 55.3 Å². The molecule has 4 aromatic rings. The number of carbonyl (C=O) groups excluding carboxylic acids is 1. The molecule has 2 aromatic carbocycles. The second kappa shape index (κ2) is 17.0. The number of aryl methyl sites for hydroxylation is 2. The number of aliphatic carboxylic acids is 1. The summed E-state index contributed by atoms with van der Waals surface area (Å²) in [6.45, 7) is 9.68. The van der Waals surface area contributed by atoms with Gasteiger partial charge in [0.15, 0.2) is 5.16 Å². The number of hydrogen-bond donors (Lipinski definition) is 0. The van der Waals surface area contributed by atoms with Crippen molar-refractivity contribution < 1.29 is 62.1 Å². The Bertz CT molecular complexity index is 1620. The van der Waals surface area contributed by atoms with Crippen LogP contribution in [0.2, 0.25) is 0 Å². The van der Waals surface area contributed by atoms with Gasteiger partial charge in [-0.3, -0.25) is 4.98 Å². The Labute approximate surface area is 279 Å². The Morgan fingerprint density at radius 3 is 2.35 bits per heavy atom. The molecular weight excluding hydrogens is 601 g/mol. The molecule has 0 unspecified atom stereocenters. The first-order valence-corrected chi connectivity index (χ1v) is 15.9. The molecule has 13 heteroatoms. The smallest absolute Gasteiger partial charge is 0.546 e. The molecule has 43 heavy (non-hydrogen) atoms. The molecule has 0 aliphatic carbocycles. The molecule has 0 saturated carbocycles. The maximum atomic E-state index is 14.2. The van der Waals surface area contributed by atoms with Crippen molar-refractivity contribution in [3.05, 3.63) is 71.0 Å². The number of methoxy groups -OCH3 is 1. The van der Waals surface area contributed by atoms with Crippen molar-refractivity contribution in [1.29, 1.82) is 0 Å². The Morgan fingerprint density at radius 2 is 1.70 bits per heavy atom. The van der Waals surface area contributed by atoms with E-state index in [0.717, 1.165) is 23.4 Å². The average molecular weight is 638 g/mol. The van der Waals surface area contributed by atoms with Crippen LogP contribution in [0, 0.1) is 20.8 Å². The van der Waals surface area contributed by atoms with Crippen molar-refractivity contribution in [2.45, 2.75) is 56.8 Å². The van der Waals surface area contributed by atoms with Gasteiger partial charge >= 0.3 is 29.6 Å². The van der Waals surface area contributed by atoms with Crippen LogP contribution in [0.4, 0.5) is 0 Å². The molecular formula is C30H36N3NaO7S2. The maximum absolute atomic E-state index is 14.2. The van der Waals surface area contributed by atoms with Gasteiger partial charge in [-0.15, -0.1) is 0 Å². The summed E-state index contributed by atoms with van der Waals surface area (Å²) in [6, 6.07) is 11.8. The van der Waals surface area contributed by atoms with Gasteiger partial charge in [-0.2, -0.15) is 0 Å². The molecule has 0 spiro atoms. The van der Waals surface area contributed by atoms with Crippen LogP contribution in [0.5, 0.6) is 11.5 Å². The third-order valence-corrected chi connectivity index (χ3v) is 9.20. The molecule has 4 rings (SSSR count). The minimum absolute atomic E-state index is 0. The van der Waals surface area contributed by atoms with E-state index in [1.807, 2.05) is 26.8 Å². The molecule has 0 fully saturated rings. The summed E-state index contributed by atoms with van der Waals surface area (Å²) in [5.41, 5.74) is 3.44. The number of aromatic nitrogens is 3. The number of benzene rings is 2. The van der Waals surface area contributed by atoms with Crippen molar-refractivity contribution in [3.8, 4) is 11.5 Å². The predicted octanol–water partition coefficient (Wildman–Crippen LogP) is 1.46. The summed E-state index contributed by atoms with van der Waals surface area (Å²) in [5, 5.41) is 11.1. The van der Waals surface area contributed by atoms with Crippen LogP contribution in [0.15, 0.2) is 58.7 Å². The number of carbonyl (C=O) groups is 1. The van der Waals surface area contributed by atoms with Gasteiger partial charge in [0.2, 0.25) is 0 Å². The molecule has 2 aromatic heterocycles. The van der Waals surface area contributed by atoms with Gasteiger partial charge in [0.25, 0.3) is 10.0 Å². The van der Waals surface area contributed by atoms with Crippen molar-refractivity contribution in [1.82, 2.24) is 13.9 Å². The number of nitrogens with zero attached hydrogens (tertiary/aromatic N) is 3. The summed E-state index contributed by atoms with van der Waals surface area (Å²) in [5.74, 6) is -0.0378. The van der Waals surface area contributed by atoms with Crippen LogP contribution >= 0.6 is 11.8 Å². The van der Waals surface area contributed by atoms with Crippen LogP contribution in [0.1, 0.15) is 42.7 Å². The standard InChI is InChI=1S/C28H31N3O7S2.C2H6.Na/c1-18-14-21(38-16-26(32)33)15-19(2)27(18)40(34,35)31-24-9-6-5-8-22(24)30-28(31)39-17-23-20(3)25(10-11-29-23)37-13-7-12-36-4;1-2;/h5-6,8-11,14-15H,7,12-13,16-17H2,1-4H3,(H,32,33);1-2H3;/q;;+1/p-1. The number of thioether (sulfide) groups is 1. The number of fused-ring (bicyclic) bond motifs is 1. The molecule has 0 aliphatic heterocycles. The number of carboxylic acids is 1. The van der Waals surface area contributed by atoms with Crippen LogP contribution in [-0.2, 0) is 25.3 Å². The third-order valence-electron chi connectivity index (χ3n) is 6.13. The van der Waals surface area contributed by atoms with Crippen LogP contribution in [0.3, 0.4) is 0 Å². The fourth-order valence-electron chi connectivity index (χ4n) is 4.32. The molecule has 0 bridgehead atoms. The molecule has 0 radical (unpaired) electrons. The zero-order chi connectivity index (χ0) is 30.9. The zero-order valence-electron chi connectivity index (χ0n) is 25.7. The van der Waals surface area contributed by atoms with Crippen LogP contribution < -0.4 is 44.1 Å². The van der Waals surface area contributed by atoms with E-state index in [2.05, 4.69) is 9.97 Å². The van der Waals surface area contributed by atoms with E-state index in [9.17, 15) is 18.3 Å². The number of pyridine rings is 1. The van der Waals surface area contributed by atoms with E-state index in [4.69, 9.17) is 14.2 Å². The van der Waals surface area contributed by atoms with Crippen LogP contribution in [0.25, 0.3) is 11.0 Å². The van der Waals surface area contributed by atoms with Crippen molar-refractivity contribution in [2.75, 3.05) is 26.9 Å². The molecule has 2 heterocycles. The van der Waals surface area contributed by atoms with Gasteiger partial charge in [0.1, 0.15) is 18.1 Å². The molecule has 0 atom stereocenters. The van der Waals surface area contributed by atoms with Gasteiger partial charge in [-0.1, -0.05) is 37.7 Å². The molecule has 0 aliphatic rings. The van der Waals surface area contributed by atoms with E-state index in [0.29, 0.717) is 46.3 Å². The van der Waals surface area contributed by atoms with E-state index in [-0.39, 0.29) is 40.2 Å². The quantitative estimate of drug-likeness (QED) is 0.121. The van der Waals surface area contributed by atoms with Crippen molar-refractivity contribution in [3.63, 3.8) is 0 Å². The largest absolute Gasteiger partial charge is 1.00 e. The van der Waals surface area contributed by atoms with E-state index < -0.39 is 22.6 Å². The Balaban J connectivity index is 0.00000211. The fraction of sp³-hybridized carbons (Fsp3) is 0.367. The van der Waals surface area contributed by atoms with Crippen molar-refractivity contribution in [2.24, 2.45) is 0 Å². The van der Waals surface area contributed by atoms with Gasteiger partial charge in [-0.05, 0) is 62.2 Å². The molecule has 10 nitrogen and oxygen atoms in total. The van der Waals surface area contributed by atoms with E-state index in [1.165, 1.54) is 27.9 Å². The summed E-state index contributed by atoms with van der Waals surface area (Å²) >= 11 is 1.27. The Kier molecular flexibility index (Phi) is 14.5. The number of para-hydroxylation sites is 2. The minimum atomic E-state index is -4.11. The average Bonchev–Trinajstić information content (AvgIpc) is 3.34. The number of ether oxygens (including phenoxy) is 3.